The first-order chi connectivity index (χ1) is 9.15. The maximum absolute atomic E-state index is 10.0. The molecule has 2 aromatic rings. The number of hydrogen-bond acceptors (Lipinski definition) is 2. The van der Waals surface area contributed by atoms with Gasteiger partial charge in [-0.05, 0) is 48.2 Å². The first-order valence-electron chi connectivity index (χ1n) is 6.71. The van der Waals surface area contributed by atoms with E-state index in [4.69, 9.17) is 0 Å². The highest BCUT2D eigenvalue weighted by Gasteiger charge is 2.11. The van der Waals surface area contributed by atoms with Crippen molar-refractivity contribution < 1.29 is 10.2 Å². The maximum Gasteiger partial charge on any atom is 0.131 e. The van der Waals surface area contributed by atoms with Gasteiger partial charge in [0, 0.05) is 17.2 Å². The molecule has 0 bridgehead atoms. The summed E-state index contributed by atoms with van der Waals surface area (Å²) in [7, 11) is 0. The first-order valence-corrected chi connectivity index (χ1v) is 6.71. The molecule has 99 valence electrons. The van der Waals surface area contributed by atoms with Gasteiger partial charge in [0.2, 0.25) is 0 Å². The third kappa shape index (κ3) is 2.90. The highest BCUT2D eigenvalue weighted by atomic mass is 16.3. The van der Waals surface area contributed by atoms with Crippen LogP contribution in [0.1, 0.15) is 31.4 Å². The Hall–Kier alpha value is -1.96. The van der Waals surface area contributed by atoms with Crippen LogP contribution in [0.25, 0.3) is 11.1 Å². The van der Waals surface area contributed by atoms with Gasteiger partial charge in [-0.1, -0.05) is 26.3 Å². The minimum absolute atomic E-state index is 0.0844. The van der Waals surface area contributed by atoms with Crippen molar-refractivity contribution in [2.45, 2.75) is 33.1 Å². The monoisotopic (exact) mass is 255 g/mol. The fourth-order valence-electron chi connectivity index (χ4n) is 2.19. The molecule has 0 heterocycles. The maximum atomic E-state index is 10.0. The molecule has 0 unspecified atom stereocenters. The molecular formula is C17H19O2. The van der Waals surface area contributed by atoms with E-state index in [0.717, 1.165) is 30.4 Å². The predicted molar refractivity (Wildman–Crippen MR) is 77.4 cm³/mol. The largest absolute Gasteiger partial charge is 0.507 e. The second-order valence-electron chi connectivity index (χ2n) is 4.73. The van der Waals surface area contributed by atoms with Gasteiger partial charge in [0.1, 0.15) is 11.5 Å². The van der Waals surface area contributed by atoms with Crippen LogP contribution in [-0.2, 0) is 12.8 Å². The van der Waals surface area contributed by atoms with E-state index < -0.39 is 0 Å². The van der Waals surface area contributed by atoms with Crippen LogP contribution in [0.3, 0.4) is 0 Å². The van der Waals surface area contributed by atoms with E-state index in [0.29, 0.717) is 11.1 Å². The summed E-state index contributed by atoms with van der Waals surface area (Å²) in [6.07, 6.45) is 2.89. The minimum atomic E-state index is 0.0844. The van der Waals surface area contributed by atoms with Crippen molar-refractivity contribution in [3.8, 4) is 22.6 Å². The summed E-state index contributed by atoms with van der Waals surface area (Å²) in [4.78, 5) is 0. The van der Waals surface area contributed by atoms with E-state index >= 15 is 0 Å². The van der Waals surface area contributed by atoms with Gasteiger partial charge in [-0.25, -0.2) is 0 Å². The van der Waals surface area contributed by atoms with Gasteiger partial charge in [0.05, 0.1) is 0 Å². The Morgan fingerprint density at radius 3 is 2.42 bits per heavy atom. The fraction of sp³-hybridized carbons (Fsp3) is 0.294. The molecule has 2 rings (SSSR count). The SMILES string of the molecule is CCCc1ccc(O)c(-c2cc(CC)c[c]c2O)c1. The molecule has 2 nitrogen and oxygen atoms in total. The summed E-state index contributed by atoms with van der Waals surface area (Å²) in [5, 5.41) is 20.0. The van der Waals surface area contributed by atoms with Crippen LogP contribution in [0.4, 0.5) is 0 Å². The van der Waals surface area contributed by atoms with E-state index in [9.17, 15) is 10.2 Å². The molecule has 2 aromatic carbocycles. The molecule has 0 spiro atoms. The normalized spacial score (nSPS) is 10.6. The summed E-state index contributed by atoms with van der Waals surface area (Å²) in [6, 6.07) is 12.1. The Kier molecular flexibility index (Phi) is 4.10. The van der Waals surface area contributed by atoms with Crippen LogP contribution >= 0.6 is 0 Å². The molecule has 0 atom stereocenters. The number of aromatic hydroxyl groups is 2. The van der Waals surface area contributed by atoms with Gasteiger partial charge < -0.3 is 10.2 Å². The van der Waals surface area contributed by atoms with Gasteiger partial charge in [0.15, 0.2) is 0 Å². The van der Waals surface area contributed by atoms with E-state index in [2.05, 4.69) is 19.9 Å². The second kappa shape index (κ2) is 5.79. The third-order valence-corrected chi connectivity index (χ3v) is 3.28. The smallest absolute Gasteiger partial charge is 0.131 e. The van der Waals surface area contributed by atoms with Crippen LogP contribution < -0.4 is 0 Å². The molecule has 0 fully saturated rings. The molecule has 19 heavy (non-hydrogen) atoms. The molecular weight excluding hydrogens is 236 g/mol. The zero-order chi connectivity index (χ0) is 13.8. The van der Waals surface area contributed by atoms with E-state index in [1.807, 2.05) is 18.2 Å². The molecule has 0 amide bonds. The molecule has 0 saturated carbocycles. The summed E-state index contributed by atoms with van der Waals surface area (Å²) in [5.74, 6) is 0.276. The molecule has 0 aliphatic rings. The fourth-order valence-corrected chi connectivity index (χ4v) is 2.19. The van der Waals surface area contributed by atoms with Gasteiger partial charge in [0.25, 0.3) is 0 Å². The van der Waals surface area contributed by atoms with Crippen LogP contribution in [-0.4, -0.2) is 10.2 Å². The van der Waals surface area contributed by atoms with Crippen LogP contribution in [0.15, 0.2) is 30.3 Å². The second-order valence-corrected chi connectivity index (χ2v) is 4.73. The predicted octanol–water partition coefficient (Wildman–Crippen LogP) is 4.08. The molecule has 2 heteroatoms. The Morgan fingerprint density at radius 1 is 1.00 bits per heavy atom. The zero-order valence-corrected chi connectivity index (χ0v) is 11.4. The Morgan fingerprint density at radius 2 is 1.74 bits per heavy atom. The van der Waals surface area contributed by atoms with Gasteiger partial charge in [-0.2, -0.15) is 0 Å². The lowest BCUT2D eigenvalue weighted by molar-refractivity contribution is 0.468. The lowest BCUT2D eigenvalue weighted by Gasteiger charge is -2.10. The molecule has 0 aliphatic carbocycles. The lowest BCUT2D eigenvalue weighted by Crippen LogP contribution is -1.88. The van der Waals surface area contributed by atoms with Crippen LogP contribution in [0.5, 0.6) is 11.5 Å². The average molecular weight is 255 g/mol. The molecule has 1 radical (unpaired) electrons. The number of rotatable bonds is 4. The Labute approximate surface area is 114 Å². The molecule has 2 N–H and O–H groups in total. The number of aryl methyl sites for hydroxylation is 2. The highest BCUT2D eigenvalue weighted by molar-refractivity contribution is 5.76. The van der Waals surface area contributed by atoms with Crippen molar-refractivity contribution in [3.63, 3.8) is 0 Å². The number of benzene rings is 2. The van der Waals surface area contributed by atoms with Crippen molar-refractivity contribution in [2.24, 2.45) is 0 Å². The quantitative estimate of drug-likeness (QED) is 0.864. The summed E-state index contributed by atoms with van der Waals surface area (Å²) in [6.45, 7) is 4.17. The number of hydrogen-bond donors (Lipinski definition) is 2. The lowest BCUT2D eigenvalue weighted by atomic mass is 9.97. The first kappa shape index (κ1) is 13.5. The third-order valence-electron chi connectivity index (χ3n) is 3.28. The van der Waals surface area contributed by atoms with Crippen LogP contribution in [0, 0.1) is 6.07 Å². The average Bonchev–Trinajstić information content (AvgIpc) is 2.42. The van der Waals surface area contributed by atoms with Crippen LogP contribution in [0.2, 0.25) is 0 Å². The summed E-state index contributed by atoms with van der Waals surface area (Å²) in [5.41, 5.74) is 3.58. The topological polar surface area (TPSA) is 40.5 Å². The van der Waals surface area contributed by atoms with Crippen molar-refractivity contribution >= 4 is 0 Å². The highest BCUT2D eigenvalue weighted by Crippen LogP contribution is 2.36. The number of phenols is 2. The Bertz CT molecular complexity index is 573. The van der Waals surface area contributed by atoms with Crippen molar-refractivity contribution in [2.75, 3.05) is 0 Å². The molecule has 0 saturated heterocycles. The van der Waals surface area contributed by atoms with Gasteiger partial charge >= 0.3 is 0 Å². The zero-order valence-electron chi connectivity index (χ0n) is 11.4. The standard InChI is InChI=1S/C17H19O2/c1-3-5-13-7-9-17(19)15(11-13)14-10-12(4-2)6-8-16(14)18/h6-7,9-11,18-19H,3-5H2,1-2H3. The summed E-state index contributed by atoms with van der Waals surface area (Å²) < 4.78 is 0. The number of phenolic OH excluding ortho intramolecular Hbond substituents is 2. The van der Waals surface area contributed by atoms with Crippen molar-refractivity contribution in [1.82, 2.24) is 0 Å². The van der Waals surface area contributed by atoms with Gasteiger partial charge in [-0.3, -0.25) is 0 Å². The molecule has 0 aromatic heterocycles. The van der Waals surface area contributed by atoms with E-state index in [1.165, 1.54) is 0 Å². The Balaban J connectivity index is 2.53. The van der Waals surface area contributed by atoms with E-state index in [1.54, 1.807) is 12.1 Å². The molecule has 0 aliphatic heterocycles. The van der Waals surface area contributed by atoms with E-state index in [-0.39, 0.29) is 11.5 Å². The van der Waals surface area contributed by atoms with Gasteiger partial charge in [-0.15, -0.1) is 0 Å². The minimum Gasteiger partial charge on any atom is -0.507 e. The van der Waals surface area contributed by atoms with Crippen molar-refractivity contribution in [1.29, 1.82) is 0 Å². The van der Waals surface area contributed by atoms with Crippen molar-refractivity contribution in [3.05, 3.63) is 47.5 Å². The summed E-state index contributed by atoms with van der Waals surface area (Å²) >= 11 is 0.